The van der Waals surface area contributed by atoms with Crippen molar-refractivity contribution >= 4 is 10.0 Å². The third-order valence-electron chi connectivity index (χ3n) is 2.59. The quantitative estimate of drug-likeness (QED) is 0.805. The summed E-state index contributed by atoms with van der Waals surface area (Å²) in [5.41, 5.74) is 6.91. The molecule has 96 valence electrons. The lowest BCUT2D eigenvalue weighted by atomic mass is 10.1. The minimum Gasteiger partial charge on any atom is -0.327 e. The SMILES string of the molecule is CCNS(=O)(=O)c1ccc(CC(N)CC)cc1. The Morgan fingerprint density at radius 3 is 2.29 bits per heavy atom. The van der Waals surface area contributed by atoms with Crippen LogP contribution in [-0.2, 0) is 16.4 Å². The van der Waals surface area contributed by atoms with Crippen LogP contribution >= 0.6 is 0 Å². The number of hydrogen-bond acceptors (Lipinski definition) is 3. The molecule has 0 radical (unpaired) electrons. The third-order valence-corrected chi connectivity index (χ3v) is 4.15. The molecule has 3 N–H and O–H groups in total. The maximum Gasteiger partial charge on any atom is 0.240 e. The van der Waals surface area contributed by atoms with Gasteiger partial charge >= 0.3 is 0 Å². The van der Waals surface area contributed by atoms with Crippen molar-refractivity contribution in [2.24, 2.45) is 5.73 Å². The highest BCUT2D eigenvalue weighted by atomic mass is 32.2. The first-order valence-corrected chi connectivity index (χ1v) is 7.32. The van der Waals surface area contributed by atoms with Gasteiger partial charge in [-0.2, -0.15) is 0 Å². The highest BCUT2D eigenvalue weighted by Crippen LogP contribution is 2.12. The molecule has 0 saturated carbocycles. The van der Waals surface area contributed by atoms with E-state index in [2.05, 4.69) is 4.72 Å². The van der Waals surface area contributed by atoms with E-state index in [1.807, 2.05) is 19.1 Å². The number of benzene rings is 1. The maximum absolute atomic E-state index is 11.7. The van der Waals surface area contributed by atoms with Crippen LogP contribution in [0.2, 0.25) is 0 Å². The lowest BCUT2D eigenvalue weighted by molar-refractivity contribution is 0.584. The van der Waals surface area contributed by atoms with Gasteiger partial charge < -0.3 is 5.73 Å². The molecule has 0 amide bonds. The minimum atomic E-state index is -3.34. The molecule has 1 aromatic rings. The number of sulfonamides is 1. The Morgan fingerprint density at radius 1 is 1.24 bits per heavy atom. The zero-order valence-corrected chi connectivity index (χ0v) is 11.1. The van der Waals surface area contributed by atoms with E-state index in [0.717, 1.165) is 18.4 Å². The van der Waals surface area contributed by atoms with Crippen LogP contribution in [-0.4, -0.2) is 21.0 Å². The molecule has 1 unspecified atom stereocenters. The molecule has 17 heavy (non-hydrogen) atoms. The van der Waals surface area contributed by atoms with Crippen LogP contribution in [0.15, 0.2) is 29.2 Å². The number of hydrogen-bond donors (Lipinski definition) is 2. The molecule has 0 aliphatic rings. The second-order valence-corrected chi connectivity index (χ2v) is 5.78. The standard InChI is InChI=1S/C12H20N2O2S/c1-3-11(13)9-10-5-7-12(8-6-10)17(15,16)14-4-2/h5-8,11,14H,3-4,9,13H2,1-2H3. The first-order valence-electron chi connectivity index (χ1n) is 5.83. The van der Waals surface area contributed by atoms with Gasteiger partial charge in [-0.1, -0.05) is 26.0 Å². The summed E-state index contributed by atoms with van der Waals surface area (Å²) >= 11 is 0. The van der Waals surface area contributed by atoms with Gasteiger partial charge in [0.15, 0.2) is 0 Å². The smallest absolute Gasteiger partial charge is 0.240 e. The first-order chi connectivity index (χ1) is 7.99. The Bertz CT molecular complexity index is 440. The summed E-state index contributed by atoms with van der Waals surface area (Å²) in [6, 6.07) is 7.01. The minimum absolute atomic E-state index is 0.131. The number of nitrogens with two attached hydrogens (primary N) is 1. The second kappa shape index (κ2) is 6.14. The van der Waals surface area contributed by atoms with Crippen molar-refractivity contribution in [3.63, 3.8) is 0 Å². The highest BCUT2D eigenvalue weighted by Gasteiger charge is 2.12. The van der Waals surface area contributed by atoms with E-state index < -0.39 is 10.0 Å². The van der Waals surface area contributed by atoms with Crippen LogP contribution in [0, 0.1) is 0 Å². The summed E-state index contributed by atoms with van der Waals surface area (Å²) in [4.78, 5) is 0.299. The van der Waals surface area contributed by atoms with Gasteiger partial charge in [-0.3, -0.25) is 0 Å². The molecule has 0 heterocycles. The van der Waals surface area contributed by atoms with E-state index in [-0.39, 0.29) is 6.04 Å². The van der Waals surface area contributed by atoms with Gasteiger partial charge in [-0.15, -0.1) is 0 Å². The van der Waals surface area contributed by atoms with Crippen molar-refractivity contribution in [3.8, 4) is 0 Å². The highest BCUT2D eigenvalue weighted by molar-refractivity contribution is 7.89. The average Bonchev–Trinajstić information content (AvgIpc) is 2.29. The zero-order valence-electron chi connectivity index (χ0n) is 10.3. The molecule has 5 heteroatoms. The summed E-state index contributed by atoms with van der Waals surface area (Å²) in [6.45, 7) is 4.19. The largest absolute Gasteiger partial charge is 0.327 e. The van der Waals surface area contributed by atoms with Gasteiger partial charge in [0.05, 0.1) is 4.90 Å². The normalized spacial score (nSPS) is 13.6. The predicted octanol–water partition coefficient (Wildman–Crippen LogP) is 1.26. The Kier molecular flexibility index (Phi) is 5.11. The Labute approximate surface area is 103 Å². The van der Waals surface area contributed by atoms with Gasteiger partial charge in [0.1, 0.15) is 0 Å². The molecule has 1 aromatic carbocycles. The van der Waals surface area contributed by atoms with Crippen LogP contribution < -0.4 is 10.5 Å². The molecular formula is C12H20N2O2S. The van der Waals surface area contributed by atoms with Crippen LogP contribution in [0.3, 0.4) is 0 Å². The maximum atomic E-state index is 11.7. The zero-order chi connectivity index (χ0) is 12.9. The summed E-state index contributed by atoms with van der Waals surface area (Å²) in [5, 5.41) is 0. The molecule has 0 bridgehead atoms. The summed E-state index contributed by atoms with van der Waals surface area (Å²) in [7, 11) is -3.34. The fraction of sp³-hybridized carbons (Fsp3) is 0.500. The topological polar surface area (TPSA) is 72.2 Å². The number of rotatable bonds is 6. The molecule has 0 spiro atoms. The molecule has 4 nitrogen and oxygen atoms in total. The van der Waals surface area contributed by atoms with Gasteiger partial charge in [-0.25, -0.2) is 13.1 Å². The Hall–Kier alpha value is -0.910. The van der Waals surface area contributed by atoms with Crippen molar-refractivity contribution in [2.45, 2.75) is 37.6 Å². The molecule has 1 atom stereocenters. The van der Waals surface area contributed by atoms with Crippen molar-refractivity contribution in [2.75, 3.05) is 6.54 Å². The molecule has 1 rings (SSSR count). The summed E-state index contributed by atoms with van der Waals surface area (Å²) in [6.07, 6.45) is 1.69. The summed E-state index contributed by atoms with van der Waals surface area (Å²) < 4.78 is 25.8. The molecule has 0 saturated heterocycles. The average molecular weight is 256 g/mol. The Morgan fingerprint density at radius 2 is 1.82 bits per heavy atom. The first kappa shape index (κ1) is 14.2. The van der Waals surface area contributed by atoms with Crippen molar-refractivity contribution in [1.82, 2.24) is 4.72 Å². The van der Waals surface area contributed by atoms with Crippen LogP contribution in [0.1, 0.15) is 25.8 Å². The van der Waals surface area contributed by atoms with E-state index in [0.29, 0.717) is 11.4 Å². The molecule has 0 aliphatic heterocycles. The molecule has 0 aromatic heterocycles. The third kappa shape index (κ3) is 4.11. The van der Waals surface area contributed by atoms with E-state index >= 15 is 0 Å². The Balaban J connectivity index is 2.81. The van der Waals surface area contributed by atoms with Crippen LogP contribution in [0.25, 0.3) is 0 Å². The lowest BCUT2D eigenvalue weighted by Gasteiger charge is -2.09. The number of nitrogens with one attached hydrogen (secondary N) is 1. The van der Waals surface area contributed by atoms with Crippen LogP contribution in [0.5, 0.6) is 0 Å². The van der Waals surface area contributed by atoms with E-state index in [1.54, 1.807) is 19.1 Å². The molecule has 0 aliphatic carbocycles. The van der Waals surface area contributed by atoms with E-state index in [9.17, 15) is 8.42 Å². The lowest BCUT2D eigenvalue weighted by Crippen LogP contribution is -2.23. The van der Waals surface area contributed by atoms with Crippen LogP contribution in [0.4, 0.5) is 0 Å². The van der Waals surface area contributed by atoms with Crippen molar-refractivity contribution in [1.29, 1.82) is 0 Å². The monoisotopic (exact) mass is 256 g/mol. The van der Waals surface area contributed by atoms with Gasteiger partial charge in [0.2, 0.25) is 10.0 Å². The van der Waals surface area contributed by atoms with Crippen molar-refractivity contribution < 1.29 is 8.42 Å². The second-order valence-electron chi connectivity index (χ2n) is 4.02. The van der Waals surface area contributed by atoms with Gasteiger partial charge in [0, 0.05) is 12.6 Å². The predicted molar refractivity (Wildman–Crippen MR) is 69.3 cm³/mol. The fourth-order valence-electron chi connectivity index (χ4n) is 1.53. The molecule has 0 fully saturated rings. The fourth-order valence-corrected chi connectivity index (χ4v) is 2.57. The van der Waals surface area contributed by atoms with E-state index in [4.69, 9.17) is 5.73 Å². The summed E-state index contributed by atoms with van der Waals surface area (Å²) in [5.74, 6) is 0. The van der Waals surface area contributed by atoms with Crippen molar-refractivity contribution in [3.05, 3.63) is 29.8 Å². The molecular weight excluding hydrogens is 236 g/mol. The van der Waals surface area contributed by atoms with E-state index in [1.165, 1.54) is 0 Å². The van der Waals surface area contributed by atoms with Gasteiger partial charge in [0.25, 0.3) is 0 Å². The van der Waals surface area contributed by atoms with Gasteiger partial charge in [-0.05, 0) is 30.5 Å².